The third kappa shape index (κ3) is 5.58. The van der Waals surface area contributed by atoms with Gasteiger partial charge in [-0.25, -0.2) is 4.79 Å². The third-order valence-corrected chi connectivity index (χ3v) is 7.16. The lowest BCUT2D eigenvalue weighted by atomic mass is 10.1. The van der Waals surface area contributed by atoms with Crippen LogP contribution in [0.1, 0.15) is 29.3 Å². The number of thioether (sulfide) groups is 1. The lowest BCUT2D eigenvalue weighted by molar-refractivity contribution is -0.122. The number of para-hydroxylation sites is 1. The Morgan fingerprint density at radius 3 is 2.46 bits per heavy atom. The monoisotopic (exact) mass is 539 g/mol. The van der Waals surface area contributed by atoms with Gasteiger partial charge in [0.25, 0.3) is 11.8 Å². The molecule has 9 nitrogen and oxygen atoms in total. The number of rotatable bonds is 9. The number of hydrogen-bond acceptors (Lipinski definition) is 8. The molecule has 1 N–H and O–H groups in total. The van der Waals surface area contributed by atoms with Gasteiger partial charge in [0.1, 0.15) is 10.9 Å². The van der Waals surface area contributed by atoms with E-state index in [9.17, 15) is 19.2 Å². The summed E-state index contributed by atoms with van der Waals surface area (Å²) < 4.78 is 10.4. The first-order valence-electron chi connectivity index (χ1n) is 11.6. The summed E-state index contributed by atoms with van der Waals surface area (Å²) in [6.45, 7) is 2.61. The van der Waals surface area contributed by atoms with Crippen LogP contribution in [0.5, 0.6) is 0 Å². The van der Waals surface area contributed by atoms with E-state index in [1.807, 2.05) is 0 Å². The molecule has 0 unspecified atom stereocenters. The first-order chi connectivity index (χ1) is 17.8. The number of fused-ring (bicyclic) bond motifs is 1. The van der Waals surface area contributed by atoms with Crippen molar-refractivity contribution in [3.63, 3.8) is 0 Å². The molecule has 1 fully saturated rings. The number of ether oxygens (including phenoxy) is 2. The minimum atomic E-state index is -0.448. The molecule has 2 aromatic carbocycles. The van der Waals surface area contributed by atoms with E-state index in [1.165, 1.54) is 9.80 Å². The lowest BCUT2D eigenvalue weighted by Crippen LogP contribution is -2.35. The normalized spacial score (nSPS) is 16.9. The van der Waals surface area contributed by atoms with Gasteiger partial charge in [-0.2, -0.15) is 0 Å². The molecule has 0 bridgehead atoms. The Balaban J connectivity index is 1.53. The standard InChI is InChI=1S/C26H25N3O6S2/c1-3-35-25(33)16-9-11-17(12-10-16)27-20(30)15-29-19-8-5-4-7-18(19)21(23(29)31)22-24(32)28(26(36)37-22)13-6-14-34-2/h4-5,7-12H,3,6,13-15H2,1-2H3,(H,27,30)/b22-21-. The molecule has 2 heterocycles. The SMILES string of the molecule is CCOC(=O)c1ccc(NC(=O)CN2C(=O)/C(=C3\SC(=S)N(CCCOC)C3=O)c3ccccc32)cc1. The zero-order chi connectivity index (χ0) is 26.5. The molecule has 0 aromatic heterocycles. The number of esters is 1. The van der Waals surface area contributed by atoms with E-state index in [-0.39, 0.29) is 29.5 Å². The maximum absolute atomic E-state index is 13.5. The minimum Gasteiger partial charge on any atom is -0.462 e. The van der Waals surface area contributed by atoms with Crippen LogP contribution in [-0.4, -0.2) is 66.3 Å². The summed E-state index contributed by atoms with van der Waals surface area (Å²) in [5.74, 6) is -1.64. The molecule has 2 aliphatic heterocycles. The minimum absolute atomic E-state index is 0.244. The number of thiocarbonyl (C=S) groups is 1. The number of anilines is 2. The van der Waals surface area contributed by atoms with Crippen molar-refractivity contribution in [1.29, 1.82) is 0 Å². The fraction of sp³-hybridized carbons (Fsp3) is 0.269. The van der Waals surface area contributed by atoms with E-state index in [0.29, 0.717) is 46.4 Å². The average Bonchev–Trinajstić information content (AvgIpc) is 3.31. The molecule has 0 saturated carbocycles. The van der Waals surface area contributed by atoms with Crippen LogP contribution in [0.15, 0.2) is 53.4 Å². The van der Waals surface area contributed by atoms with Crippen LogP contribution in [0.4, 0.5) is 11.4 Å². The molecule has 37 heavy (non-hydrogen) atoms. The van der Waals surface area contributed by atoms with Crippen molar-refractivity contribution in [1.82, 2.24) is 4.90 Å². The molecule has 2 aliphatic rings. The zero-order valence-electron chi connectivity index (χ0n) is 20.3. The van der Waals surface area contributed by atoms with Gasteiger partial charge in [-0.1, -0.05) is 42.2 Å². The number of carbonyl (C=O) groups excluding carboxylic acids is 4. The Labute approximate surface area is 223 Å². The molecular formula is C26H25N3O6S2. The molecule has 0 spiro atoms. The predicted octanol–water partition coefficient (Wildman–Crippen LogP) is 3.46. The topological polar surface area (TPSA) is 105 Å². The van der Waals surface area contributed by atoms with Crippen molar-refractivity contribution in [3.05, 3.63) is 64.6 Å². The number of nitrogens with zero attached hydrogens (tertiary/aromatic N) is 2. The summed E-state index contributed by atoms with van der Waals surface area (Å²) in [5.41, 5.74) is 2.20. The van der Waals surface area contributed by atoms with Crippen molar-refractivity contribution < 1.29 is 28.7 Å². The number of amides is 3. The Kier molecular flexibility index (Phi) is 8.37. The van der Waals surface area contributed by atoms with Crippen molar-refractivity contribution in [2.24, 2.45) is 0 Å². The van der Waals surface area contributed by atoms with Crippen LogP contribution in [0.2, 0.25) is 0 Å². The first-order valence-corrected chi connectivity index (χ1v) is 12.8. The van der Waals surface area contributed by atoms with Gasteiger partial charge in [0, 0.05) is 31.5 Å². The third-order valence-electron chi connectivity index (χ3n) is 5.71. The van der Waals surface area contributed by atoms with E-state index in [4.69, 9.17) is 21.7 Å². The highest BCUT2D eigenvalue weighted by molar-refractivity contribution is 8.26. The van der Waals surface area contributed by atoms with Gasteiger partial charge in [0.15, 0.2) is 0 Å². The van der Waals surface area contributed by atoms with Crippen LogP contribution in [0, 0.1) is 0 Å². The summed E-state index contributed by atoms with van der Waals surface area (Å²) in [5, 5.41) is 2.74. The second-order valence-electron chi connectivity index (χ2n) is 8.13. The molecule has 0 atom stereocenters. The van der Waals surface area contributed by atoms with Crippen LogP contribution in [-0.2, 0) is 23.9 Å². The Morgan fingerprint density at radius 2 is 1.76 bits per heavy atom. The molecule has 0 radical (unpaired) electrons. The molecule has 1 saturated heterocycles. The van der Waals surface area contributed by atoms with Crippen LogP contribution >= 0.6 is 24.0 Å². The Hall–Kier alpha value is -3.54. The number of methoxy groups -OCH3 is 1. The summed E-state index contributed by atoms with van der Waals surface area (Å²) in [4.78, 5) is 54.5. The summed E-state index contributed by atoms with van der Waals surface area (Å²) >= 11 is 6.50. The zero-order valence-corrected chi connectivity index (χ0v) is 21.9. The molecule has 4 rings (SSSR count). The van der Waals surface area contributed by atoms with E-state index in [2.05, 4.69) is 5.32 Å². The van der Waals surface area contributed by atoms with Crippen LogP contribution in [0.3, 0.4) is 0 Å². The second-order valence-corrected chi connectivity index (χ2v) is 9.77. The quantitative estimate of drug-likeness (QED) is 0.224. The van der Waals surface area contributed by atoms with Gasteiger partial charge in [0.05, 0.1) is 28.3 Å². The lowest BCUT2D eigenvalue weighted by Gasteiger charge is -2.17. The van der Waals surface area contributed by atoms with Gasteiger partial charge < -0.3 is 14.8 Å². The van der Waals surface area contributed by atoms with E-state index >= 15 is 0 Å². The van der Waals surface area contributed by atoms with Crippen molar-refractivity contribution in [3.8, 4) is 0 Å². The van der Waals surface area contributed by atoms with Crippen LogP contribution in [0.25, 0.3) is 5.57 Å². The van der Waals surface area contributed by atoms with Gasteiger partial charge in [0.2, 0.25) is 5.91 Å². The highest BCUT2D eigenvalue weighted by atomic mass is 32.2. The molecular weight excluding hydrogens is 514 g/mol. The number of hydrogen-bond donors (Lipinski definition) is 1. The highest BCUT2D eigenvalue weighted by Gasteiger charge is 2.42. The fourth-order valence-corrected chi connectivity index (χ4v) is 5.39. The predicted molar refractivity (Wildman–Crippen MR) is 145 cm³/mol. The van der Waals surface area contributed by atoms with E-state index in [1.54, 1.807) is 62.6 Å². The van der Waals surface area contributed by atoms with Gasteiger partial charge >= 0.3 is 5.97 Å². The summed E-state index contributed by atoms with van der Waals surface area (Å²) in [6, 6.07) is 13.3. The molecule has 3 amide bonds. The van der Waals surface area contributed by atoms with Crippen molar-refractivity contribution in [2.45, 2.75) is 13.3 Å². The maximum atomic E-state index is 13.5. The van der Waals surface area contributed by atoms with E-state index in [0.717, 1.165) is 11.8 Å². The first kappa shape index (κ1) is 26.5. The Bertz CT molecular complexity index is 1290. The molecule has 2 aromatic rings. The average molecular weight is 540 g/mol. The molecule has 192 valence electrons. The fourth-order valence-electron chi connectivity index (χ4n) is 4.01. The molecule has 0 aliphatic carbocycles. The van der Waals surface area contributed by atoms with Crippen molar-refractivity contribution in [2.75, 3.05) is 43.6 Å². The largest absolute Gasteiger partial charge is 0.462 e. The number of nitrogens with one attached hydrogen (secondary N) is 1. The van der Waals surface area contributed by atoms with Gasteiger partial charge in [-0.15, -0.1) is 0 Å². The summed E-state index contributed by atoms with van der Waals surface area (Å²) in [6.07, 6.45) is 0.614. The Morgan fingerprint density at radius 1 is 1.03 bits per heavy atom. The molecule has 11 heteroatoms. The van der Waals surface area contributed by atoms with E-state index < -0.39 is 17.8 Å². The van der Waals surface area contributed by atoms with Gasteiger partial charge in [-0.3, -0.25) is 24.2 Å². The maximum Gasteiger partial charge on any atom is 0.338 e. The second kappa shape index (κ2) is 11.7. The van der Waals surface area contributed by atoms with Crippen molar-refractivity contribution >= 4 is 68.9 Å². The number of benzene rings is 2. The summed E-state index contributed by atoms with van der Waals surface area (Å²) in [7, 11) is 1.59. The smallest absolute Gasteiger partial charge is 0.338 e. The highest BCUT2D eigenvalue weighted by Crippen LogP contribution is 2.44. The van der Waals surface area contributed by atoms with Crippen LogP contribution < -0.4 is 10.2 Å². The van der Waals surface area contributed by atoms with Gasteiger partial charge in [-0.05, 0) is 43.7 Å². The number of carbonyl (C=O) groups is 4.